The van der Waals surface area contributed by atoms with Crippen LogP contribution in [0.2, 0.25) is 5.02 Å². The van der Waals surface area contributed by atoms with Crippen molar-refractivity contribution >= 4 is 21.6 Å². The molecule has 3 rings (SSSR count). The molecule has 1 aromatic heterocycles. The van der Waals surface area contributed by atoms with Gasteiger partial charge in [-0.2, -0.15) is 0 Å². The normalized spacial score (nSPS) is 21.6. The smallest absolute Gasteiger partial charge is 0.242 e. The van der Waals surface area contributed by atoms with Crippen LogP contribution in [-0.2, 0) is 16.4 Å². The van der Waals surface area contributed by atoms with E-state index < -0.39 is 28.0 Å². The van der Waals surface area contributed by atoms with Gasteiger partial charge in [-0.05, 0) is 61.1 Å². The summed E-state index contributed by atoms with van der Waals surface area (Å²) < 4.78 is 41.3. The molecule has 0 saturated heterocycles. The standard InChI is InChI=1S/C17H18ClFN2O3S/c18-15-10-13(19)1-2-17(15)25(23,24)21-16(12-8-14(22)9-12)7-11-3-5-20-6-4-11/h1-6,10,12,14,16,21-22H,7-9H2/t12?,14?,16-/m1/s1. The molecule has 0 aliphatic heterocycles. The van der Waals surface area contributed by atoms with Crippen molar-refractivity contribution < 1.29 is 17.9 Å². The Balaban J connectivity index is 1.83. The van der Waals surface area contributed by atoms with Gasteiger partial charge in [-0.15, -0.1) is 0 Å². The van der Waals surface area contributed by atoms with Crippen LogP contribution in [0.5, 0.6) is 0 Å². The predicted molar refractivity (Wildman–Crippen MR) is 92.2 cm³/mol. The van der Waals surface area contributed by atoms with Crippen LogP contribution in [0.3, 0.4) is 0 Å². The fourth-order valence-corrected chi connectivity index (χ4v) is 4.83. The first-order valence-corrected chi connectivity index (χ1v) is 9.75. The van der Waals surface area contributed by atoms with Gasteiger partial charge in [0.15, 0.2) is 0 Å². The van der Waals surface area contributed by atoms with Crippen LogP contribution in [0.15, 0.2) is 47.6 Å². The van der Waals surface area contributed by atoms with E-state index in [1.54, 1.807) is 12.4 Å². The van der Waals surface area contributed by atoms with Crippen LogP contribution < -0.4 is 4.72 Å². The summed E-state index contributed by atoms with van der Waals surface area (Å²) in [6.07, 6.45) is 4.44. The average molecular weight is 385 g/mol. The maximum absolute atomic E-state index is 13.2. The van der Waals surface area contributed by atoms with Gasteiger partial charge >= 0.3 is 0 Å². The molecule has 1 heterocycles. The first kappa shape index (κ1) is 18.3. The highest BCUT2D eigenvalue weighted by atomic mass is 35.5. The van der Waals surface area contributed by atoms with Gasteiger partial charge in [0.25, 0.3) is 0 Å². The molecule has 2 aromatic rings. The number of hydrogen-bond donors (Lipinski definition) is 2. The molecule has 1 aliphatic rings. The molecule has 0 radical (unpaired) electrons. The third kappa shape index (κ3) is 4.36. The molecule has 1 saturated carbocycles. The van der Waals surface area contributed by atoms with Crippen LogP contribution in [0, 0.1) is 11.7 Å². The molecule has 5 nitrogen and oxygen atoms in total. The molecule has 0 unspecified atom stereocenters. The number of nitrogens with one attached hydrogen (secondary N) is 1. The van der Waals surface area contributed by atoms with Gasteiger partial charge in [-0.3, -0.25) is 4.98 Å². The lowest BCUT2D eigenvalue weighted by molar-refractivity contribution is 0.0283. The van der Waals surface area contributed by atoms with Crippen LogP contribution >= 0.6 is 11.6 Å². The second-order valence-corrected chi connectivity index (χ2v) is 8.34. The number of hydrogen-bond acceptors (Lipinski definition) is 4. The number of aromatic nitrogens is 1. The van der Waals surface area contributed by atoms with E-state index in [1.807, 2.05) is 12.1 Å². The molecule has 1 fully saturated rings. The number of sulfonamides is 1. The number of pyridine rings is 1. The summed E-state index contributed by atoms with van der Waals surface area (Å²) in [5.41, 5.74) is 0.939. The Bertz CT molecular complexity index is 842. The van der Waals surface area contributed by atoms with Gasteiger partial charge in [-0.1, -0.05) is 11.6 Å². The molecular formula is C17H18ClFN2O3S. The van der Waals surface area contributed by atoms with E-state index >= 15 is 0 Å². The SMILES string of the molecule is O=S(=O)(N[C@H](Cc1ccncc1)C1CC(O)C1)c1ccc(F)cc1Cl. The van der Waals surface area contributed by atoms with Gasteiger partial charge < -0.3 is 5.11 Å². The van der Waals surface area contributed by atoms with E-state index in [0.29, 0.717) is 19.3 Å². The van der Waals surface area contributed by atoms with Crippen LogP contribution in [0.1, 0.15) is 18.4 Å². The topological polar surface area (TPSA) is 79.3 Å². The van der Waals surface area contributed by atoms with Gasteiger partial charge in [0.2, 0.25) is 10.0 Å². The monoisotopic (exact) mass is 384 g/mol. The summed E-state index contributed by atoms with van der Waals surface area (Å²) in [5, 5.41) is 9.41. The third-order valence-corrected chi connectivity index (χ3v) is 6.39. The van der Waals surface area contributed by atoms with Crippen molar-refractivity contribution in [3.8, 4) is 0 Å². The first-order valence-electron chi connectivity index (χ1n) is 7.89. The Morgan fingerprint density at radius 1 is 1.28 bits per heavy atom. The molecule has 134 valence electrons. The fraction of sp³-hybridized carbons (Fsp3) is 0.353. The highest BCUT2D eigenvalue weighted by molar-refractivity contribution is 7.89. The maximum Gasteiger partial charge on any atom is 0.242 e. The molecular weight excluding hydrogens is 367 g/mol. The number of benzene rings is 1. The van der Waals surface area contributed by atoms with Gasteiger partial charge in [-0.25, -0.2) is 17.5 Å². The number of nitrogens with zero attached hydrogens (tertiary/aromatic N) is 1. The lowest BCUT2D eigenvalue weighted by Gasteiger charge is -2.38. The highest BCUT2D eigenvalue weighted by Gasteiger charge is 2.36. The molecule has 1 aromatic carbocycles. The Morgan fingerprint density at radius 3 is 2.56 bits per heavy atom. The van der Waals surface area contributed by atoms with Gasteiger partial charge in [0.05, 0.1) is 11.1 Å². The minimum Gasteiger partial charge on any atom is -0.393 e. The fourth-order valence-electron chi connectivity index (χ4n) is 2.99. The van der Waals surface area contributed by atoms with E-state index in [9.17, 15) is 17.9 Å². The second-order valence-electron chi connectivity index (χ2n) is 6.25. The first-order chi connectivity index (χ1) is 11.8. The zero-order chi connectivity index (χ0) is 18.0. The molecule has 0 bridgehead atoms. The molecule has 2 N–H and O–H groups in total. The Labute approximate surface area is 150 Å². The Morgan fingerprint density at radius 2 is 1.96 bits per heavy atom. The van der Waals surface area contributed by atoms with Gasteiger partial charge in [0, 0.05) is 18.4 Å². The van der Waals surface area contributed by atoms with Crippen molar-refractivity contribution in [2.75, 3.05) is 0 Å². The van der Waals surface area contributed by atoms with E-state index in [-0.39, 0.29) is 15.8 Å². The number of aliphatic hydroxyl groups excluding tert-OH is 1. The molecule has 1 atom stereocenters. The van der Waals surface area contributed by atoms with Crippen molar-refractivity contribution in [3.05, 3.63) is 59.1 Å². The summed E-state index contributed by atoms with van der Waals surface area (Å²) in [6.45, 7) is 0. The minimum atomic E-state index is -3.91. The van der Waals surface area contributed by atoms with E-state index in [1.165, 1.54) is 0 Å². The maximum atomic E-state index is 13.2. The van der Waals surface area contributed by atoms with Crippen molar-refractivity contribution in [1.29, 1.82) is 0 Å². The lowest BCUT2D eigenvalue weighted by atomic mass is 9.76. The molecule has 8 heteroatoms. The third-order valence-electron chi connectivity index (χ3n) is 4.41. The van der Waals surface area contributed by atoms with Crippen molar-refractivity contribution in [3.63, 3.8) is 0 Å². The number of rotatable bonds is 6. The van der Waals surface area contributed by atoms with Crippen LogP contribution in [-0.4, -0.2) is 30.7 Å². The summed E-state index contributed by atoms with van der Waals surface area (Å²) in [7, 11) is -3.91. The summed E-state index contributed by atoms with van der Waals surface area (Å²) in [6, 6.07) is 6.44. The van der Waals surface area contributed by atoms with Crippen molar-refractivity contribution in [2.45, 2.75) is 36.3 Å². The molecule has 25 heavy (non-hydrogen) atoms. The van der Waals surface area contributed by atoms with Gasteiger partial charge in [0.1, 0.15) is 10.7 Å². The molecule has 1 aliphatic carbocycles. The second kappa shape index (κ2) is 7.37. The molecule has 0 amide bonds. The highest BCUT2D eigenvalue weighted by Crippen LogP contribution is 2.33. The largest absolute Gasteiger partial charge is 0.393 e. The quantitative estimate of drug-likeness (QED) is 0.802. The average Bonchev–Trinajstić information content (AvgIpc) is 2.51. The number of halogens is 2. The zero-order valence-corrected chi connectivity index (χ0v) is 14.8. The Kier molecular flexibility index (Phi) is 5.38. The zero-order valence-electron chi connectivity index (χ0n) is 13.3. The van der Waals surface area contributed by atoms with Crippen molar-refractivity contribution in [1.82, 2.24) is 9.71 Å². The van der Waals surface area contributed by atoms with Crippen LogP contribution in [0.4, 0.5) is 4.39 Å². The molecule has 0 spiro atoms. The predicted octanol–water partition coefficient (Wildman–Crippen LogP) is 2.53. The van der Waals surface area contributed by atoms with E-state index in [4.69, 9.17) is 11.6 Å². The summed E-state index contributed by atoms with van der Waals surface area (Å²) in [4.78, 5) is 3.80. The van der Waals surface area contributed by atoms with Crippen molar-refractivity contribution in [2.24, 2.45) is 5.92 Å². The lowest BCUT2D eigenvalue weighted by Crippen LogP contribution is -2.48. The Hall–Kier alpha value is -1.54. The summed E-state index contributed by atoms with van der Waals surface area (Å²) >= 11 is 5.90. The van der Waals surface area contributed by atoms with E-state index in [0.717, 1.165) is 23.8 Å². The number of aliphatic hydroxyl groups is 1. The minimum absolute atomic E-state index is 0.0252. The van der Waals surface area contributed by atoms with E-state index in [2.05, 4.69) is 9.71 Å². The summed E-state index contributed by atoms with van der Waals surface area (Å²) in [5.74, 6) is -0.573. The van der Waals surface area contributed by atoms with Crippen LogP contribution in [0.25, 0.3) is 0 Å².